The Labute approximate surface area is 188 Å². The molecule has 0 unspecified atom stereocenters. The van der Waals surface area contributed by atoms with Gasteiger partial charge in [0, 0.05) is 30.9 Å². The molecule has 168 valence electrons. The van der Waals surface area contributed by atoms with Gasteiger partial charge in [0.2, 0.25) is 5.91 Å². The van der Waals surface area contributed by atoms with E-state index in [-0.39, 0.29) is 17.8 Å². The van der Waals surface area contributed by atoms with Crippen LogP contribution in [0.4, 0.5) is 10.5 Å². The van der Waals surface area contributed by atoms with Gasteiger partial charge < -0.3 is 20.9 Å². The van der Waals surface area contributed by atoms with E-state index in [1.807, 2.05) is 35.2 Å². The van der Waals surface area contributed by atoms with Crippen LogP contribution in [0.25, 0.3) is 0 Å². The Morgan fingerprint density at radius 2 is 1.50 bits per heavy atom. The molecule has 1 aliphatic carbocycles. The number of amides is 4. The van der Waals surface area contributed by atoms with Gasteiger partial charge in [0.1, 0.15) is 5.54 Å². The highest BCUT2D eigenvalue weighted by molar-refractivity contribution is 6.01. The van der Waals surface area contributed by atoms with E-state index in [0.29, 0.717) is 30.6 Å². The van der Waals surface area contributed by atoms with Crippen molar-refractivity contribution in [2.75, 3.05) is 18.4 Å². The minimum atomic E-state index is -0.926. The van der Waals surface area contributed by atoms with Crippen LogP contribution >= 0.6 is 0 Å². The number of carbonyl (C=O) groups excluding carboxylic acids is 3. The first-order valence-corrected chi connectivity index (χ1v) is 11.4. The number of urea groups is 1. The fourth-order valence-electron chi connectivity index (χ4n) is 4.48. The second-order valence-electron chi connectivity index (χ2n) is 8.61. The van der Waals surface area contributed by atoms with E-state index in [1.54, 1.807) is 24.3 Å². The second-order valence-corrected chi connectivity index (χ2v) is 8.61. The molecule has 2 fully saturated rings. The van der Waals surface area contributed by atoms with Crippen LogP contribution in [-0.4, -0.2) is 41.4 Å². The Hall–Kier alpha value is -3.35. The summed E-state index contributed by atoms with van der Waals surface area (Å²) in [7, 11) is 0. The van der Waals surface area contributed by atoms with Gasteiger partial charge >= 0.3 is 6.03 Å². The fourth-order valence-corrected chi connectivity index (χ4v) is 4.48. The summed E-state index contributed by atoms with van der Waals surface area (Å²) in [5.41, 5.74) is 1.31. The van der Waals surface area contributed by atoms with Crippen molar-refractivity contribution in [3.63, 3.8) is 0 Å². The van der Waals surface area contributed by atoms with Crippen LogP contribution in [-0.2, 0) is 11.3 Å². The summed E-state index contributed by atoms with van der Waals surface area (Å²) in [4.78, 5) is 40.1. The molecule has 2 aromatic carbocycles. The third-order valence-corrected chi connectivity index (χ3v) is 6.32. The summed E-state index contributed by atoms with van der Waals surface area (Å²) in [6, 6.07) is 16.3. The molecule has 3 N–H and O–H groups in total. The maximum Gasteiger partial charge on any atom is 0.315 e. The van der Waals surface area contributed by atoms with Crippen LogP contribution in [0.3, 0.4) is 0 Å². The molecular formula is C25H30N4O3. The molecule has 7 nitrogen and oxygen atoms in total. The van der Waals surface area contributed by atoms with Gasteiger partial charge in [-0.05, 0) is 55.5 Å². The predicted octanol–water partition coefficient (Wildman–Crippen LogP) is 3.67. The standard InChI is InChI=1S/C25H30N4O3/c30-22(29-16-6-7-17-29)20-10-12-21(13-11-20)27-23(31)25(14-4-5-15-25)28-24(32)26-18-19-8-2-1-3-9-19/h1-3,8-13H,4-7,14-18H2,(H,27,31)(H2,26,28,32). The van der Waals surface area contributed by atoms with Crippen molar-refractivity contribution < 1.29 is 14.4 Å². The van der Waals surface area contributed by atoms with Gasteiger partial charge in [-0.25, -0.2) is 4.79 Å². The monoisotopic (exact) mass is 434 g/mol. The Morgan fingerprint density at radius 1 is 0.844 bits per heavy atom. The van der Waals surface area contributed by atoms with Crippen molar-refractivity contribution in [2.45, 2.75) is 50.6 Å². The summed E-state index contributed by atoms with van der Waals surface area (Å²) in [5, 5.41) is 8.70. The van der Waals surface area contributed by atoms with E-state index < -0.39 is 5.54 Å². The van der Waals surface area contributed by atoms with E-state index >= 15 is 0 Å². The number of rotatable bonds is 6. The molecule has 1 aliphatic heterocycles. The number of nitrogens with one attached hydrogen (secondary N) is 3. The van der Waals surface area contributed by atoms with Crippen LogP contribution in [0, 0.1) is 0 Å². The van der Waals surface area contributed by atoms with Gasteiger partial charge in [0.15, 0.2) is 0 Å². The van der Waals surface area contributed by atoms with E-state index in [9.17, 15) is 14.4 Å². The van der Waals surface area contributed by atoms with E-state index in [4.69, 9.17) is 0 Å². The smallest absolute Gasteiger partial charge is 0.315 e. The van der Waals surface area contributed by atoms with Crippen molar-refractivity contribution in [1.82, 2.24) is 15.5 Å². The molecule has 7 heteroatoms. The highest BCUT2D eigenvalue weighted by Crippen LogP contribution is 2.31. The molecule has 0 bridgehead atoms. The van der Waals surface area contributed by atoms with Crippen molar-refractivity contribution in [3.05, 3.63) is 65.7 Å². The largest absolute Gasteiger partial charge is 0.339 e. The van der Waals surface area contributed by atoms with E-state index in [0.717, 1.165) is 44.3 Å². The molecule has 4 rings (SSSR count). The summed E-state index contributed by atoms with van der Waals surface area (Å²) in [6.07, 6.45) is 5.07. The van der Waals surface area contributed by atoms with Crippen molar-refractivity contribution in [1.29, 1.82) is 0 Å². The molecule has 1 saturated heterocycles. The average Bonchev–Trinajstić information content (AvgIpc) is 3.52. The zero-order chi connectivity index (χ0) is 22.4. The number of likely N-dealkylation sites (tertiary alicyclic amines) is 1. The van der Waals surface area contributed by atoms with Gasteiger partial charge in [-0.2, -0.15) is 0 Å². The lowest BCUT2D eigenvalue weighted by Gasteiger charge is -2.29. The lowest BCUT2D eigenvalue weighted by molar-refractivity contribution is -0.121. The topological polar surface area (TPSA) is 90.5 Å². The first-order chi connectivity index (χ1) is 15.6. The Kier molecular flexibility index (Phi) is 6.73. The summed E-state index contributed by atoms with van der Waals surface area (Å²) >= 11 is 0. The normalized spacial score (nSPS) is 17.1. The summed E-state index contributed by atoms with van der Waals surface area (Å²) in [6.45, 7) is 2.01. The fraction of sp³-hybridized carbons (Fsp3) is 0.400. The molecule has 0 atom stereocenters. The molecule has 0 spiro atoms. The van der Waals surface area contributed by atoms with Gasteiger partial charge in [-0.15, -0.1) is 0 Å². The third-order valence-electron chi connectivity index (χ3n) is 6.32. The Morgan fingerprint density at radius 3 is 2.16 bits per heavy atom. The Bertz CT molecular complexity index is 947. The van der Waals surface area contributed by atoms with Gasteiger partial charge in [-0.3, -0.25) is 9.59 Å². The molecule has 32 heavy (non-hydrogen) atoms. The zero-order valence-electron chi connectivity index (χ0n) is 18.2. The lowest BCUT2D eigenvalue weighted by Crippen LogP contribution is -2.57. The number of nitrogens with zero attached hydrogens (tertiary/aromatic N) is 1. The molecular weight excluding hydrogens is 404 g/mol. The molecule has 1 heterocycles. The Balaban J connectivity index is 1.36. The minimum absolute atomic E-state index is 0.0318. The third kappa shape index (κ3) is 5.10. The van der Waals surface area contributed by atoms with Crippen LogP contribution in [0.15, 0.2) is 54.6 Å². The van der Waals surface area contributed by atoms with Crippen molar-refractivity contribution in [2.24, 2.45) is 0 Å². The van der Waals surface area contributed by atoms with Crippen molar-refractivity contribution >= 4 is 23.5 Å². The maximum absolute atomic E-state index is 13.1. The SMILES string of the molecule is O=C(NCc1ccccc1)NC1(C(=O)Nc2ccc(C(=O)N3CCCC3)cc2)CCCC1. The predicted molar refractivity (Wildman–Crippen MR) is 123 cm³/mol. The van der Waals surface area contributed by atoms with E-state index in [1.165, 1.54) is 0 Å². The first-order valence-electron chi connectivity index (χ1n) is 11.4. The first kappa shape index (κ1) is 21.9. The molecule has 4 amide bonds. The molecule has 0 radical (unpaired) electrons. The molecule has 0 aromatic heterocycles. The van der Waals surface area contributed by atoms with Gasteiger partial charge in [-0.1, -0.05) is 43.2 Å². The van der Waals surface area contributed by atoms with Crippen LogP contribution in [0.5, 0.6) is 0 Å². The lowest BCUT2D eigenvalue weighted by atomic mass is 9.96. The number of carbonyl (C=O) groups is 3. The number of hydrogen-bond donors (Lipinski definition) is 3. The molecule has 2 aliphatic rings. The number of anilines is 1. The molecule has 1 saturated carbocycles. The maximum atomic E-state index is 13.1. The van der Waals surface area contributed by atoms with Gasteiger partial charge in [0.05, 0.1) is 0 Å². The van der Waals surface area contributed by atoms with Crippen LogP contribution in [0.2, 0.25) is 0 Å². The summed E-state index contributed by atoms with van der Waals surface area (Å²) < 4.78 is 0. The zero-order valence-corrected chi connectivity index (χ0v) is 18.2. The quantitative estimate of drug-likeness (QED) is 0.648. The number of hydrogen-bond acceptors (Lipinski definition) is 3. The average molecular weight is 435 g/mol. The number of benzene rings is 2. The highest BCUT2D eigenvalue weighted by Gasteiger charge is 2.42. The summed E-state index contributed by atoms with van der Waals surface area (Å²) in [5.74, 6) is -0.187. The van der Waals surface area contributed by atoms with Gasteiger partial charge in [0.25, 0.3) is 5.91 Å². The highest BCUT2D eigenvalue weighted by atomic mass is 16.2. The second kappa shape index (κ2) is 9.85. The van der Waals surface area contributed by atoms with E-state index in [2.05, 4.69) is 16.0 Å². The molecule has 2 aromatic rings. The van der Waals surface area contributed by atoms with Crippen molar-refractivity contribution in [3.8, 4) is 0 Å². The minimum Gasteiger partial charge on any atom is -0.339 e. The van der Waals surface area contributed by atoms with Crippen LogP contribution in [0.1, 0.15) is 54.4 Å². The van der Waals surface area contributed by atoms with Crippen LogP contribution < -0.4 is 16.0 Å².